The largest absolute Gasteiger partial charge is 0.470 e. The molecule has 2 atom stereocenters. The first-order valence-corrected chi connectivity index (χ1v) is 12.0. The van der Waals surface area contributed by atoms with Crippen molar-refractivity contribution in [2.45, 2.75) is 66.6 Å². The zero-order valence-electron chi connectivity index (χ0n) is 22.8. The molecule has 1 unspecified atom stereocenters. The standard InChI is InChI=1S/C13H25NO.C10H8N4O3.C2H2F3NO/c1-10-8-14(9-13(10,5)6)11(15)7-12(2,3)4;11-4-7(13-6-15)3-8-5-12-9-1-2-17-10(16)14(8)9;3-2(4,5)1(6)7/h10H,7-9H2,1-6H3;1-2,5-7H,3H2,(H,13,15);(H2,6,7)/t10-;;/m0../s1. The lowest BCUT2D eigenvalue weighted by atomic mass is 9.84. The van der Waals surface area contributed by atoms with Crippen LogP contribution in [-0.4, -0.2) is 57.8 Å². The number of hydrogen-bond donors (Lipinski definition) is 2. The van der Waals surface area contributed by atoms with Crippen LogP contribution in [0, 0.1) is 28.1 Å². The molecule has 1 fully saturated rings. The van der Waals surface area contributed by atoms with Gasteiger partial charge in [0.2, 0.25) is 12.3 Å². The maximum atomic E-state index is 12.0. The van der Waals surface area contributed by atoms with Crippen molar-refractivity contribution in [3.63, 3.8) is 0 Å². The van der Waals surface area contributed by atoms with Gasteiger partial charge in [0.25, 0.3) is 0 Å². The molecular weight excluding hydrogens is 521 g/mol. The summed E-state index contributed by atoms with van der Waals surface area (Å²) in [5, 5.41) is 11.1. The number of amides is 3. The fourth-order valence-corrected chi connectivity index (χ4v) is 3.56. The number of nitrogens with two attached hydrogens (primary N) is 1. The number of alkyl halides is 3. The number of imidazole rings is 1. The second-order valence-electron chi connectivity index (χ2n) is 11.1. The van der Waals surface area contributed by atoms with Gasteiger partial charge in [-0.05, 0) is 16.7 Å². The number of nitriles is 1. The topological polar surface area (TPSA) is 164 Å². The van der Waals surface area contributed by atoms with Crippen LogP contribution in [0.2, 0.25) is 0 Å². The highest BCUT2D eigenvalue weighted by molar-refractivity contribution is 5.79. The smallest absolute Gasteiger partial charge is 0.417 e. The minimum absolute atomic E-state index is 0.104. The lowest BCUT2D eigenvalue weighted by molar-refractivity contribution is -0.169. The Morgan fingerprint density at radius 1 is 1.36 bits per heavy atom. The summed E-state index contributed by atoms with van der Waals surface area (Å²) in [5.74, 6) is -1.90. The van der Waals surface area contributed by atoms with Gasteiger partial charge < -0.3 is 20.4 Å². The van der Waals surface area contributed by atoms with E-state index in [1.54, 1.807) is 6.07 Å². The SMILES string of the molecule is C[C@H]1CN(C(=O)CC(C)(C)C)CC1(C)C.N#CC(Cc1cnc2ccoc(=O)n12)NC=O.NC(=O)C(F)(F)F. The number of hydrogen-bond acceptors (Lipinski definition) is 7. The summed E-state index contributed by atoms with van der Waals surface area (Å²) in [6.07, 6.45) is -0.844. The van der Waals surface area contributed by atoms with Crippen molar-refractivity contribution in [2.24, 2.45) is 22.5 Å². The van der Waals surface area contributed by atoms with Crippen molar-refractivity contribution < 1.29 is 32.0 Å². The minimum Gasteiger partial charge on any atom is -0.417 e. The van der Waals surface area contributed by atoms with Crippen LogP contribution in [0.15, 0.2) is 27.7 Å². The molecule has 2 aromatic heterocycles. The second kappa shape index (κ2) is 13.3. The molecule has 0 bridgehead atoms. The summed E-state index contributed by atoms with van der Waals surface area (Å²) in [4.78, 5) is 48.9. The van der Waals surface area contributed by atoms with Gasteiger partial charge in [-0.1, -0.05) is 41.5 Å². The Morgan fingerprint density at radius 2 is 1.95 bits per heavy atom. The number of likely N-dealkylation sites (tertiary alicyclic amines) is 1. The summed E-state index contributed by atoms with van der Waals surface area (Å²) >= 11 is 0. The fraction of sp³-hybridized carbons (Fsp3) is 0.600. The average Bonchev–Trinajstić information content (AvgIpc) is 3.33. The molecule has 14 heteroatoms. The Balaban J connectivity index is 0.000000318. The van der Waals surface area contributed by atoms with Crippen molar-refractivity contribution >= 4 is 23.9 Å². The lowest BCUT2D eigenvalue weighted by Crippen LogP contribution is -2.32. The molecule has 3 N–H and O–H groups in total. The van der Waals surface area contributed by atoms with Crippen LogP contribution < -0.4 is 16.8 Å². The highest BCUT2D eigenvalue weighted by Crippen LogP contribution is 2.35. The predicted octanol–water partition coefficient (Wildman–Crippen LogP) is 2.43. The molecule has 1 aliphatic heterocycles. The molecule has 3 amide bonds. The van der Waals surface area contributed by atoms with Crippen LogP contribution in [0.3, 0.4) is 0 Å². The highest BCUT2D eigenvalue weighted by Gasteiger charge is 2.39. The summed E-state index contributed by atoms with van der Waals surface area (Å²) in [5.41, 5.74) is 5.15. The summed E-state index contributed by atoms with van der Waals surface area (Å²) < 4.78 is 38.1. The molecular formula is C25H35F3N6O5. The molecule has 0 radical (unpaired) electrons. The van der Waals surface area contributed by atoms with Gasteiger partial charge in [-0.3, -0.25) is 14.4 Å². The number of carbonyl (C=O) groups is 3. The third-order valence-electron chi connectivity index (χ3n) is 6.01. The van der Waals surface area contributed by atoms with E-state index in [9.17, 15) is 27.6 Å². The van der Waals surface area contributed by atoms with Crippen LogP contribution in [0.25, 0.3) is 5.65 Å². The average molecular weight is 557 g/mol. The van der Waals surface area contributed by atoms with Gasteiger partial charge in [-0.2, -0.15) is 18.4 Å². The van der Waals surface area contributed by atoms with E-state index in [0.717, 1.165) is 13.1 Å². The maximum absolute atomic E-state index is 12.0. The summed E-state index contributed by atoms with van der Waals surface area (Å²) in [6.45, 7) is 15.0. The zero-order chi connectivity index (χ0) is 30.2. The van der Waals surface area contributed by atoms with Crippen LogP contribution >= 0.6 is 0 Å². The monoisotopic (exact) mass is 556 g/mol. The van der Waals surface area contributed by atoms with Crippen LogP contribution in [-0.2, 0) is 20.8 Å². The predicted molar refractivity (Wildman–Crippen MR) is 135 cm³/mol. The number of nitrogens with zero attached hydrogens (tertiary/aromatic N) is 4. The number of nitrogens with one attached hydrogen (secondary N) is 1. The van der Waals surface area contributed by atoms with Crippen molar-refractivity contribution in [1.29, 1.82) is 5.26 Å². The van der Waals surface area contributed by atoms with E-state index in [0.29, 0.717) is 36.0 Å². The molecule has 39 heavy (non-hydrogen) atoms. The normalized spacial score (nSPS) is 17.1. The van der Waals surface area contributed by atoms with Gasteiger partial charge in [0.15, 0.2) is 0 Å². The highest BCUT2D eigenvalue weighted by atomic mass is 19.4. The minimum atomic E-state index is -4.86. The van der Waals surface area contributed by atoms with Crippen molar-refractivity contribution in [2.75, 3.05) is 13.1 Å². The van der Waals surface area contributed by atoms with Gasteiger partial charge in [-0.15, -0.1) is 0 Å². The Hall–Kier alpha value is -3.89. The van der Waals surface area contributed by atoms with Crippen molar-refractivity contribution in [3.05, 3.63) is 34.8 Å². The van der Waals surface area contributed by atoms with E-state index in [2.05, 4.69) is 57.6 Å². The summed E-state index contributed by atoms with van der Waals surface area (Å²) in [6, 6.07) is 2.75. The quantitative estimate of drug-likeness (QED) is 0.534. The number of primary amides is 1. The van der Waals surface area contributed by atoms with Gasteiger partial charge in [0, 0.05) is 38.2 Å². The molecule has 3 heterocycles. The molecule has 0 aliphatic carbocycles. The molecule has 0 spiro atoms. The number of fused-ring (bicyclic) bond motifs is 1. The van der Waals surface area contributed by atoms with Crippen molar-refractivity contribution in [3.8, 4) is 6.07 Å². The molecule has 11 nitrogen and oxygen atoms in total. The lowest BCUT2D eigenvalue weighted by Gasteiger charge is -2.24. The first-order chi connectivity index (χ1) is 17.8. The van der Waals surface area contributed by atoms with Gasteiger partial charge in [0.05, 0.1) is 11.8 Å². The van der Waals surface area contributed by atoms with E-state index < -0.39 is 23.9 Å². The molecule has 2 aromatic rings. The Morgan fingerprint density at radius 3 is 2.38 bits per heavy atom. The van der Waals surface area contributed by atoms with Gasteiger partial charge in [0.1, 0.15) is 18.0 Å². The number of rotatable bonds is 5. The van der Waals surface area contributed by atoms with Gasteiger partial charge >= 0.3 is 17.8 Å². The first-order valence-electron chi connectivity index (χ1n) is 12.0. The van der Waals surface area contributed by atoms with E-state index in [-0.39, 0.29) is 17.3 Å². The van der Waals surface area contributed by atoms with Crippen LogP contribution in [0.5, 0.6) is 0 Å². The van der Waals surface area contributed by atoms with E-state index >= 15 is 0 Å². The fourth-order valence-electron chi connectivity index (χ4n) is 3.56. The number of halogens is 3. The van der Waals surface area contributed by atoms with E-state index in [1.807, 2.05) is 11.0 Å². The molecule has 3 rings (SSSR count). The maximum Gasteiger partial charge on any atom is 0.470 e. The van der Waals surface area contributed by atoms with Gasteiger partial charge in [-0.25, -0.2) is 14.2 Å². The molecule has 0 aromatic carbocycles. The second-order valence-corrected chi connectivity index (χ2v) is 11.1. The number of aromatic nitrogens is 2. The molecule has 1 aliphatic rings. The third-order valence-corrected chi connectivity index (χ3v) is 6.01. The van der Waals surface area contributed by atoms with E-state index in [4.69, 9.17) is 14.5 Å². The Bertz CT molecular complexity index is 1240. The summed E-state index contributed by atoms with van der Waals surface area (Å²) in [7, 11) is 0. The third kappa shape index (κ3) is 10.4. The first kappa shape index (κ1) is 33.1. The zero-order valence-corrected chi connectivity index (χ0v) is 22.8. The van der Waals surface area contributed by atoms with E-state index in [1.165, 1.54) is 16.9 Å². The Labute approximate surface area is 224 Å². The number of carbonyl (C=O) groups excluding carboxylic acids is 3. The molecule has 216 valence electrons. The van der Waals surface area contributed by atoms with Crippen molar-refractivity contribution in [1.82, 2.24) is 19.6 Å². The van der Waals surface area contributed by atoms with Crippen LogP contribution in [0.4, 0.5) is 13.2 Å². The Kier molecular flexibility index (Phi) is 11.3. The van der Waals surface area contributed by atoms with Crippen LogP contribution in [0.1, 0.15) is 53.7 Å². The molecule has 0 saturated carbocycles. The molecule has 1 saturated heterocycles.